The Morgan fingerprint density at radius 3 is 2.18 bits per heavy atom. The van der Waals surface area contributed by atoms with Crippen molar-refractivity contribution < 1.29 is 45.1 Å². The fraction of sp³-hybridized carbons (Fsp3) is 0.436. The predicted octanol–water partition coefficient (Wildman–Crippen LogP) is 3.53. The second-order valence-electron chi connectivity index (χ2n) is 15.1. The molecule has 0 N–H and O–H groups in total. The zero-order chi connectivity index (χ0) is 30.0. The summed E-state index contributed by atoms with van der Waals surface area (Å²) in [4.78, 5) is 0. The van der Waals surface area contributed by atoms with Crippen LogP contribution in [0.1, 0.15) is 87.1 Å². The molecule has 1 nitrogen and oxygen atoms in total. The molecule has 3 aromatic carbocycles. The van der Waals surface area contributed by atoms with E-state index >= 15 is 0 Å². The molecule has 232 valence electrons. The smallest absolute Gasteiger partial charge is 1.00 e. The number of halogens is 2. The van der Waals surface area contributed by atoms with Gasteiger partial charge in [0.15, 0.2) is 0 Å². The topological polar surface area (TPSA) is 9.23 Å². The molecule has 0 saturated heterocycles. The summed E-state index contributed by atoms with van der Waals surface area (Å²) in [5.41, 5.74) is 8.44. The van der Waals surface area contributed by atoms with Gasteiger partial charge >= 0.3 is 262 Å². The van der Waals surface area contributed by atoms with Gasteiger partial charge in [0.05, 0.1) is 0 Å². The number of hydrogen-bond acceptors (Lipinski definition) is 1. The van der Waals surface area contributed by atoms with Crippen LogP contribution in [-0.2, 0) is 22.4 Å². The van der Waals surface area contributed by atoms with E-state index in [0.717, 1.165) is 5.75 Å². The zero-order valence-corrected chi connectivity index (χ0v) is 32.1. The van der Waals surface area contributed by atoms with Gasteiger partial charge in [-0.2, -0.15) is 0 Å². The van der Waals surface area contributed by atoms with Crippen molar-refractivity contribution in [2.24, 2.45) is 10.8 Å². The summed E-state index contributed by atoms with van der Waals surface area (Å²) in [6.07, 6.45) is 5.55. The Morgan fingerprint density at radius 1 is 0.841 bits per heavy atom. The summed E-state index contributed by atoms with van der Waals surface area (Å²) >= 11 is -2.22. The Hall–Kier alpha value is -1.55. The molecule has 6 rings (SSSR count). The van der Waals surface area contributed by atoms with Crippen molar-refractivity contribution >= 4 is 28.6 Å². The normalized spacial score (nSPS) is 17.8. The van der Waals surface area contributed by atoms with Crippen molar-refractivity contribution in [2.75, 3.05) is 0 Å². The minimum Gasteiger partial charge on any atom is -1.00 e. The molecule has 0 bridgehead atoms. The molecule has 1 fully saturated rings. The van der Waals surface area contributed by atoms with Crippen LogP contribution in [0, 0.1) is 10.8 Å². The summed E-state index contributed by atoms with van der Waals surface area (Å²) in [6.45, 7) is 21.8. The van der Waals surface area contributed by atoms with Crippen LogP contribution in [0.25, 0.3) is 22.4 Å². The van der Waals surface area contributed by atoms with Crippen LogP contribution in [0.4, 0.5) is 0 Å². The van der Waals surface area contributed by atoms with Crippen LogP contribution in [0.15, 0.2) is 81.3 Å². The molecule has 3 aromatic rings. The first-order valence-corrected chi connectivity index (χ1v) is 21.7. The summed E-state index contributed by atoms with van der Waals surface area (Å²) in [5, 5.41) is 5.44. The van der Waals surface area contributed by atoms with Crippen LogP contribution in [0.3, 0.4) is 0 Å². The molecule has 1 saturated carbocycles. The maximum atomic E-state index is 7.47. The van der Waals surface area contributed by atoms with E-state index in [4.69, 9.17) is 3.32 Å². The minimum atomic E-state index is -2.22. The third kappa shape index (κ3) is 6.37. The molecular formula is C39H48Cl2OSiTi. The van der Waals surface area contributed by atoms with Crippen LogP contribution < -0.4 is 38.6 Å². The summed E-state index contributed by atoms with van der Waals surface area (Å²) < 4.78 is 9.17. The molecule has 3 aliphatic rings. The van der Waals surface area contributed by atoms with Gasteiger partial charge in [-0.3, -0.25) is 0 Å². The Bertz CT molecular complexity index is 1830. The minimum absolute atomic E-state index is 0. The molecule has 0 aliphatic heterocycles. The second kappa shape index (κ2) is 12.9. The van der Waals surface area contributed by atoms with Crippen LogP contribution in [-0.4, -0.2) is 6.19 Å². The molecule has 0 heterocycles. The van der Waals surface area contributed by atoms with E-state index in [2.05, 4.69) is 129 Å². The molecule has 0 spiro atoms. The molecule has 0 radical (unpaired) electrons. The van der Waals surface area contributed by atoms with Crippen molar-refractivity contribution in [1.29, 1.82) is 0 Å². The van der Waals surface area contributed by atoms with Gasteiger partial charge < -0.3 is 24.8 Å². The standard InChI is InChI=1S/C25H31.C10H8O.C4H10Si.2ClH.Ti/c1-23(2,3)18-8-9-19-16(12-18)15-25(6,7)22-20-10-11-24(4,5)14-17(20)13-21(19)22;11-10-6-5-8-3-1-2-4-9(8)7-10;1-3-5-4-2;;;/h8-9,12,15H,10-11,14H2,1-7H3;1-7,11H;3-4H2,1-2H3;2*1H;/q;;;;;+3/p-3. The predicted molar refractivity (Wildman–Crippen MR) is 179 cm³/mol. The Labute approximate surface area is 284 Å². The third-order valence-electron chi connectivity index (χ3n) is 9.87. The van der Waals surface area contributed by atoms with Crippen LogP contribution >= 0.6 is 0 Å². The average Bonchev–Trinajstić information content (AvgIpc) is 3.26. The number of allylic oxidation sites excluding steroid dienone is 4. The Morgan fingerprint density at radius 2 is 1.52 bits per heavy atom. The largest absolute Gasteiger partial charge is 1.00 e. The zero-order valence-electron chi connectivity index (χ0n) is 28.1. The fourth-order valence-corrected chi connectivity index (χ4v) is 18.4. The quantitative estimate of drug-likeness (QED) is 0.376. The van der Waals surface area contributed by atoms with Crippen molar-refractivity contribution in [3.63, 3.8) is 0 Å². The molecule has 0 aromatic heterocycles. The monoisotopic (exact) mass is 678 g/mol. The molecule has 5 heteroatoms. The number of benzene rings is 3. The van der Waals surface area contributed by atoms with Gasteiger partial charge in [0.1, 0.15) is 0 Å². The van der Waals surface area contributed by atoms with Gasteiger partial charge in [-0.05, 0) is 0 Å². The van der Waals surface area contributed by atoms with Crippen LogP contribution in [0.5, 0.6) is 5.75 Å². The molecule has 0 amide bonds. The van der Waals surface area contributed by atoms with E-state index in [1.54, 1.807) is 26.2 Å². The van der Waals surface area contributed by atoms with E-state index in [1.165, 1.54) is 58.1 Å². The van der Waals surface area contributed by atoms with Gasteiger partial charge in [-0.15, -0.1) is 0 Å². The maximum Gasteiger partial charge on any atom is -1.00 e. The molecule has 44 heavy (non-hydrogen) atoms. The van der Waals surface area contributed by atoms with Crippen molar-refractivity contribution in [2.45, 2.75) is 99.1 Å². The number of hydrogen-bond donors (Lipinski definition) is 0. The van der Waals surface area contributed by atoms with Gasteiger partial charge in [0, 0.05) is 0 Å². The van der Waals surface area contributed by atoms with Gasteiger partial charge in [0.25, 0.3) is 0 Å². The van der Waals surface area contributed by atoms with Gasteiger partial charge in [-0.25, -0.2) is 0 Å². The van der Waals surface area contributed by atoms with Crippen molar-refractivity contribution in [3.8, 4) is 5.75 Å². The Kier molecular flexibility index (Phi) is 10.4. The first-order chi connectivity index (χ1) is 19.8. The molecular weight excluding hydrogens is 631 g/mol. The number of rotatable bonds is 5. The van der Waals surface area contributed by atoms with E-state index in [0.29, 0.717) is 5.41 Å². The van der Waals surface area contributed by atoms with Crippen molar-refractivity contribution in [3.05, 3.63) is 97.3 Å². The van der Waals surface area contributed by atoms with E-state index in [-0.39, 0.29) is 35.6 Å². The van der Waals surface area contributed by atoms with Gasteiger partial charge in [-0.1, -0.05) is 0 Å². The third-order valence-corrected chi connectivity index (χ3v) is 22.2. The maximum absolute atomic E-state index is 7.47. The second-order valence-corrected chi connectivity index (χ2v) is 25.0. The van der Waals surface area contributed by atoms with Gasteiger partial charge in [0.2, 0.25) is 0 Å². The number of fused-ring (bicyclic) bond motifs is 4. The fourth-order valence-electron chi connectivity index (χ4n) is 7.52. The molecule has 0 atom stereocenters. The molecule has 0 unspecified atom stereocenters. The molecule has 3 aliphatic carbocycles. The summed E-state index contributed by atoms with van der Waals surface area (Å²) in [6, 6.07) is 25.4. The van der Waals surface area contributed by atoms with E-state index in [9.17, 15) is 0 Å². The Balaban J connectivity index is 0.00000221. The van der Waals surface area contributed by atoms with Crippen LogP contribution in [0.2, 0.25) is 12.1 Å². The van der Waals surface area contributed by atoms with E-state index < -0.39 is 23.2 Å². The summed E-state index contributed by atoms with van der Waals surface area (Å²) in [7, 11) is 0. The van der Waals surface area contributed by atoms with E-state index in [1.807, 2.05) is 0 Å². The van der Waals surface area contributed by atoms with Crippen molar-refractivity contribution in [1.82, 2.24) is 0 Å². The first kappa shape index (κ1) is 35.3. The average molecular weight is 680 g/mol. The first-order valence-electron chi connectivity index (χ1n) is 16.1. The summed E-state index contributed by atoms with van der Waals surface area (Å²) in [5.74, 6) is 1.08. The SMILES string of the molecule is CC[Si](CC)=[Ti+2]([O]c1ccc2ccccc2c1)[C]1=C2CC(C)(C)CCC2=C2C1=c1ccc(C(C)(C)C)cc1=CC2(C)C.[Cl-].[Cl-].